The zero-order valence-electron chi connectivity index (χ0n) is 12.7. The van der Waals surface area contributed by atoms with Gasteiger partial charge in [-0.1, -0.05) is 6.07 Å². The van der Waals surface area contributed by atoms with Gasteiger partial charge in [0.25, 0.3) is 5.69 Å². The van der Waals surface area contributed by atoms with Crippen molar-refractivity contribution in [2.45, 2.75) is 12.8 Å². The van der Waals surface area contributed by atoms with E-state index in [4.69, 9.17) is 4.74 Å². The fourth-order valence-corrected chi connectivity index (χ4v) is 2.48. The van der Waals surface area contributed by atoms with Gasteiger partial charge in [0.15, 0.2) is 12.4 Å². The lowest BCUT2D eigenvalue weighted by Crippen LogP contribution is -2.20. The number of nitro benzene ring substituents is 1. The molecule has 0 spiro atoms. The van der Waals surface area contributed by atoms with Gasteiger partial charge in [-0.15, -0.1) is 0 Å². The third-order valence-corrected chi connectivity index (χ3v) is 3.72. The number of nitrogens with zero attached hydrogens (tertiary/aromatic N) is 1. The van der Waals surface area contributed by atoms with Gasteiger partial charge in [-0.05, 0) is 36.2 Å². The van der Waals surface area contributed by atoms with Gasteiger partial charge in [0.05, 0.1) is 11.0 Å². The number of hydrogen-bond acceptors (Lipinski definition) is 5. The number of amides is 1. The molecule has 0 unspecified atom stereocenters. The Balaban J connectivity index is 1.68. The van der Waals surface area contributed by atoms with E-state index in [-0.39, 0.29) is 29.7 Å². The number of nitro groups is 1. The van der Waals surface area contributed by atoms with Crippen molar-refractivity contribution in [2.75, 3.05) is 11.9 Å². The predicted octanol–water partition coefficient (Wildman–Crippen LogP) is 2.74. The Labute approximate surface area is 137 Å². The monoisotopic (exact) mass is 326 g/mol. The SMILES string of the molecule is O=C1CCc2cc(C(=O)COc3cccc([N+](=O)[O-])c3)ccc2N1. The highest BCUT2D eigenvalue weighted by molar-refractivity contribution is 5.99. The average Bonchev–Trinajstić information content (AvgIpc) is 2.59. The normalized spacial score (nSPS) is 12.9. The van der Waals surface area contributed by atoms with E-state index in [0.29, 0.717) is 18.4 Å². The number of ether oxygens (including phenoxy) is 1. The molecule has 1 amide bonds. The van der Waals surface area contributed by atoms with Gasteiger partial charge >= 0.3 is 0 Å². The van der Waals surface area contributed by atoms with E-state index in [1.807, 2.05) is 0 Å². The molecular weight excluding hydrogens is 312 g/mol. The van der Waals surface area contributed by atoms with Crippen LogP contribution < -0.4 is 10.1 Å². The van der Waals surface area contributed by atoms with Crippen molar-refractivity contribution in [3.8, 4) is 5.75 Å². The van der Waals surface area contributed by atoms with Crippen molar-refractivity contribution in [2.24, 2.45) is 0 Å². The standard InChI is InChI=1S/C17H14N2O5/c20-16(10-24-14-3-1-2-13(9-14)19(22)23)12-4-6-15-11(8-12)5-7-17(21)18-15/h1-4,6,8-9H,5,7,10H2,(H,18,21). The van der Waals surface area contributed by atoms with Gasteiger partial charge in [-0.2, -0.15) is 0 Å². The molecule has 0 radical (unpaired) electrons. The number of non-ortho nitro benzene ring substituents is 1. The van der Waals surface area contributed by atoms with Crippen molar-refractivity contribution < 1.29 is 19.2 Å². The lowest BCUT2D eigenvalue weighted by Gasteiger charge is -2.17. The Kier molecular flexibility index (Phi) is 4.24. The van der Waals surface area contributed by atoms with Gasteiger partial charge in [-0.25, -0.2) is 0 Å². The molecule has 0 aromatic heterocycles. The Morgan fingerprint density at radius 2 is 2.04 bits per heavy atom. The van der Waals surface area contributed by atoms with E-state index in [2.05, 4.69) is 5.32 Å². The molecule has 7 nitrogen and oxygen atoms in total. The molecule has 122 valence electrons. The summed E-state index contributed by atoms with van der Waals surface area (Å²) in [5.74, 6) is -0.000406. The molecule has 0 fully saturated rings. The number of aryl methyl sites for hydroxylation is 1. The fraction of sp³-hybridized carbons (Fsp3) is 0.176. The summed E-state index contributed by atoms with van der Waals surface area (Å²) in [6, 6.07) is 10.8. The van der Waals surface area contributed by atoms with Crippen molar-refractivity contribution in [1.29, 1.82) is 0 Å². The molecule has 0 saturated heterocycles. The number of ketones is 1. The van der Waals surface area contributed by atoms with Crippen LogP contribution in [0.1, 0.15) is 22.3 Å². The molecule has 1 aliphatic heterocycles. The molecule has 3 rings (SSSR count). The summed E-state index contributed by atoms with van der Waals surface area (Å²) in [5, 5.41) is 13.5. The number of carbonyl (C=O) groups excluding carboxylic acids is 2. The molecule has 0 aliphatic carbocycles. The minimum Gasteiger partial charge on any atom is -0.485 e. The topological polar surface area (TPSA) is 98.5 Å². The van der Waals surface area contributed by atoms with E-state index in [0.717, 1.165) is 11.3 Å². The van der Waals surface area contributed by atoms with E-state index in [9.17, 15) is 19.7 Å². The Hall–Kier alpha value is -3.22. The second-order valence-electron chi connectivity index (χ2n) is 5.39. The van der Waals surface area contributed by atoms with Crippen molar-refractivity contribution in [3.05, 3.63) is 63.7 Å². The van der Waals surface area contributed by atoms with Crippen LogP contribution in [0, 0.1) is 10.1 Å². The smallest absolute Gasteiger partial charge is 0.273 e. The molecule has 0 bridgehead atoms. The van der Waals surface area contributed by atoms with Crippen LogP contribution in [0.3, 0.4) is 0 Å². The number of fused-ring (bicyclic) bond motifs is 1. The summed E-state index contributed by atoms with van der Waals surface area (Å²) in [4.78, 5) is 33.8. The molecular formula is C17H14N2O5. The maximum absolute atomic E-state index is 12.2. The van der Waals surface area contributed by atoms with E-state index < -0.39 is 4.92 Å². The van der Waals surface area contributed by atoms with Crippen LogP contribution in [-0.2, 0) is 11.2 Å². The molecule has 7 heteroatoms. The summed E-state index contributed by atoms with van der Waals surface area (Å²) in [6.07, 6.45) is 0.989. The van der Waals surface area contributed by atoms with Gasteiger partial charge in [0.2, 0.25) is 5.91 Å². The van der Waals surface area contributed by atoms with Crippen molar-refractivity contribution in [3.63, 3.8) is 0 Å². The van der Waals surface area contributed by atoms with Crippen LogP contribution in [0.2, 0.25) is 0 Å². The largest absolute Gasteiger partial charge is 0.485 e. The zero-order chi connectivity index (χ0) is 17.1. The average molecular weight is 326 g/mol. The van der Waals surface area contributed by atoms with E-state index in [1.54, 1.807) is 24.3 Å². The van der Waals surface area contributed by atoms with Crippen LogP contribution in [0.25, 0.3) is 0 Å². The highest BCUT2D eigenvalue weighted by atomic mass is 16.6. The second-order valence-corrected chi connectivity index (χ2v) is 5.39. The summed E-state index contributed by atoms with van der Waals surface area (Å²) < 4.78 is 5.35. The van der Waals surface area contributed by atoms with Crippen LogP contribution in [0.15, 0.2) is 42.5 Å². The summed E-state index contributed by atoms with van der Waals surface area (Å²) >= 11 is 0. The maximum atomic E-state index is 12.2. The fourth-order valence-electron chi connectivity index (χ4n) is 2.48. The third-order valence-electron chi connectivity index (χ3n) is 3.72. The van der Waals surface area contributed by atoms with E-state index >= 15 is 0 Å². The summed E-state index contributed by atoms with van der Waals surface area (Å²) in [7, 11) is 0. The molecule has 2 aromatic carbocycles. The summed E-state index contributed by atoms with van der Waals surface area (Å²) in [5.41, 5.74) is 2.03. The Bertz CT molecular complexity index is 831. The lowest BCUT2D eigenvalue weighted by molar-refractivity contribution is -0.384. The molecule has 1 N–H and O–H groups in total. The highest BCUT2D eigenvalue weighted by Crippen LogP contribution is 2.24. The quantitative estimate of drug-likeness (QED) is 0.517. The molecule has 1 heterocycles. The summed E-state index contributed by atoms with van der Waals surface area (Å²) in [6.45, 7) is -0.216. The van der Waals surface area contributed by atoms with Gasteiger partial charge in [0.1, 0.15) is 5.75 Å². The number of hydrogen-bond donors (Lipinski definition) is 1. The van der Waals surface area contributed by atoms with E-state index in [1.165, 1.54) is 18.2 Å². The van der Waals surface area contributed by atoms with Crippen LogP contribution in [0.4, 0.5) is 11.4 Å². The lowest BCUT2D eigenvalue weighted by atomic mass is 9.99. The van der Waals surface area contributed by atoms with Gasteiger partial charge < -0.3 is 10.1 Å². The zero-order valence-corrected chi connectivity index (χ0v) is 12.7. The Morgan fingerprint density at radius 3 is 2.83 bits per heavy atom. The highest BCUT2D eigenvalue weighted by Gasteiger charge is 2.17. The molecule has 0 saturated carbocycles. The number of Topliss-reactive ketones (excluding diaryl/α,β-unsaturated/α-hetero) is 1. The number of nitrogens with one attached hydrogen (secondary N) is 1. The number of rotatable bonds is 5. The van der Waals surface area contributed by atoms with Crippen LogP contribution in [0.5, 0.6) is 5.75 Å². The first-order chi connectivity index (χ1) is 11.5. The predicted molar refractivity (Wildman–Crippen MR) is 86.3 cm³/mol. The molecule has 2 aromatic rings. The van der Waals surface area contributed by atoms with Crippen LogP contribution in [-0.4, -0.2) is 23.2 Å². The minimum atomic E-state index is -0.521. The first-order valence-corrected chi connectivity index (χ1v) is 7.36. The molecule has 0 atom stereocenters. The number of anilines is 1. The number of carbonyl (C=O) groups is 2. The second kappa shape index (κ2) is 6.49. The Morgan fingerprint density at radius 1 is 1.21 bits per heavy atom. The first-order valence-electron chi connectivity index (χ1n) is 7.36. The van der Waals surface area contributed by atoms with Gasteiger partial charge in [0, 0.05) is 23.7 Å². The van der Waals surface area contributed by atoms with Crippen molar-refractivity contribution >= 4 is 23.1 Å². The molecule has 24 heavy (non-hydrogen) atoms. The van der Waals surface area contributed by atoms with Gasteiger partial charge in [-0.3, -0.25) is 19.7 Å². The maximum Gasteiger partial charge on any atom is 0.273 e. The van der Waals surface area contributed by atoms with Crippen molar-refractivity contribution in [1.82, 2.24) is 0 Å². The minimum absolute atomic E-state index is 0.0319. The third kappa shape index (κ3) is 3.40. The number of benzene rings is 2. The first kappa shape index (κ1) is 15.7. The van der Waals surface area contributed by atoms with Crippen LogP contribution >= 0.6 is 0 Å². The molecule has 1 aliphatic rings.